The summed E-state index contributed by atoms with van der Waals surface area (Å²) in [6.07, 6.45) is 1.20. The minimum atomic E-state index is -0.650. The molecule has 0 fully saturated rings. The number of anilines is 2. The molecule has 0 aliphatic heterocycles. The number of carbonyl (C=O) groups excluding carboxylic acids is 1. The Bertz CT molecular complexity index is 605. The molecule has 1 aromatic carbocycles. The number of amides is 1. The molecular weight excluding hydrogens is 259 g/mol. The van der Waals surface area contributed by atoms with Crippen molar-refractivity contribution in [2.24, 2.45) is 0 Å². The van der Waals surface area contributed by atoms with Gasteiger partial charge in [-0.2, -0.15) is 0 Å². The van der Waals surface area contributed by atoms with E-state index < -0.39 is 11.7 Å². The molecule has 0 radical (unpaired) electrons. The number of rotatable bonds is 2. The van der Waals surface area contributed by atoms with Crippen molar-refractivity contribution in [2.45, 2.75) is 0 Å². The van der Waals surface area contributed by atoms with Gasteiger partial charge in [0.1, 0.15) is 23.1 Å². The predicted octanol–water partition coefficient (Wildman–Crippen LogP) is 2.10. The second-order valence-electron chi connectivity index (χ2n) is 3.38. The van der Waals surface area contributed by atoms with Crippen LogP contribution in [0.1, 0.15) is 10.4 Å². The Kier molecular flexibility index (Phi) is 3.38. The van der Waals surface area contributed by atoms with Crippen LogP contribution < -0.4 is 11.1 Å². The Morgan fingerprint density at radius 2 is 2.17 bits per heavy atom. The highest BCUT2D eigenvalue weighted by Crippen LogP contribution is 2.17. The Balaban J connectivity index is 2.25. The van der Waals surface area contributed by atoms with Crippen LogP contribution in [0.3, 0.4) is 0 Å². The number of halogens is 2. The lowest BCUT2D eigenvalue weighted by molar-refractivity contribution is 0.102. The first kappa shape index (κ1) is 12.3. The fraction of sp³-hybridized carbons (Fsp3) is 0. The summed E-state index contributed by atoms with van der Waals surface area (Å²) < 4.78 is 13.2. The minimum Gasteiger partial charge on any atom is -0.396 e. The summed E-state index contributed by atoms with van der Waals surface area (Å²) in [5.41, 5.74) is 5.29. The Morgan fingerprint density at radius 1 is 1.39 bits per heavy atom. The lowest BCUT2D eigenvalue weighted by Crippen LogP contribution is -2.15. The smallest absolute Gasteiger partial charge is 0.259 e. The average molecular weight is 267 g/mol. The van der Waals surface area contributed by atoms with E-state index in [4.69, 9.17) is 17.3 Å². The third-order valence-corrected chi connectivity index (χ3v) is 2.38. The Hall–Kier alpha value is -2.21. The standard InChI is InChI=1S/C11H8ClFN4O/c12-8-4-9(16-5-15-8)17-11(18)6-2-1-3-7(13)10(6)14/h1-5H,14H2,(H,15,16,17,18). The zero-order chi connectivity index (χ0) is 13.1. The predicted molar refractivity (Wildman–Crippen MR) is 65.8 cm³/mol. The van der Waals surface area contributed by atoms with E-state index in [-0.39, 0.29) is 22.2 Å². The Morgan fingerprint density at radius 3 is 2.89 bits per heavy atom. The molecule has 92 valence electrons. The number of para-hydroxylation sites is 1. The number of nitrogens with one attached hydrogen (secondary N) is 1. The van der Waals surface area contributed by atoms with E-state index >= 15 is 0 Å². The highest BCUT2D eigenvalue weighted by molar-refractivity contribution is 6.29. The van der Waals surface area contributed by atoms with Gasteiger partial charge >= 0.3 is 0 Å². The monoisotopic (exact) mass is 266 g/mol. The average Bonchev–Trinajstić information content (AvgIpc) is 2.32. The molecule has 0 aliphatic carbocycles. The number of nitrogens with two attached hydrogens (primary N) is 1. The molecule has 5 nitrogen and oxygen atoms in total. The number of carbonyl (C=O) groups is 1. The minimum absolute atomic E-state index is 0.0322. The molecule has 1 amide bonds. The van der Waals surface area contributed by atoms with Gasteiger partial charge in [0.2, 0.25) is 0 Å². The molecule has 0 saturated carbocycles. The van der Waals surface area contributed by atoms with E-state index in [9.17, 15) is 9.18 Å². The van der Waals surface area contributed by atoms with Gasteiger partial charge in [0.15, 0.2) is 0 Å². The quantitative estimate of drug-likeness (QED) is 0.644. The highest BCUT2D eigenvalue weighted by atomic mass is 35.5. The lowest BCUT2D eigenvalue weighted by Gasteiger charge is -2.07. The largest absolute Gasteiger partial charge is 0.396 e. The van der Waals surface area contributed by atoms with E-state index in [1.54, 1.807) is 0 Å². The summed E-state index contributed by atoms with van der Waals surface area (Å²) in [4.78, 5) is 19.3. The highest BCUT2D eigenvalue weighted by Gasteiger charge is 2.13. The second-order valence-corrected chi connectivity index (χ2v) is 3.77. The molecule has 0 bridgehead atoms. The SMILES string of the molecule is Nc1c(F)cccc1C(=O)Nc1cc(Cl)ncn1. The van der Waals surface area contributed by atoms with Gasteiger partial charge in [-0.3, -0.25) is 4.79 Å². The zero-order valence-electron chi connectivity index (χ0n) is 9.02. The Labute approximate surface area is 107 Å². The van der Waals surface area contributed by atoms with Gasteiger partial charge in [0.05, 0.1) is 11.3 Å². The molecule has 3 N–H and O–H groups in total. The first-order valence-electron chi connectivity index (χ1n) is 4.91. The van der Waals surface area contributed by atoms with Crippen LogP contribution in [0, 0.1) is 5.82 Å². The van der Waals surface area contributed by atoms with Crippen molar-refractivity contribution in [3.63, 3.8) is 0 Å². The number of hydrogen-bond donors (Lipinski definition) is 2. The third kappa shape index (κ3) is 2.54. The summed E-state index contributed by atoms with van der Waals surface area (Å²) in [5.74, 6) is -1.01. The normalized spacial score (nSPS) is 10.1. The molecule has 1 aromatic heterocycles. The van der Waals surface area contributed by atoms with E-state index in [1.165, 1.54) is 30.6 Å². The maximum Gasteiger partial charge on any atom is 0.259 e. The fourth-order valence-electron chi connectivity index (χ4n) is 1.32. The molecule has 0 spiro atoms. The maximum absolute atomic E-state index is 13.2. The van der Waals surface area contributed by atoms with Crippen LogP contribution in [0.15, 0.2) is 30.6 Å². The summed E-state index contributed by atoms with van der Waals surface area (Å²) in [6, 6.07) is 5.35. The number of nitrogen functional groups attached to an aromatic ring is 1. The lowest BCUT2D eigenvalue weighted by atomic mass is 10.1. The van der Waals surface area contributed by atoms with Crippen molar-refractivity contribution in [3.05, 3.63) is 47.1 Å². The van der Waals surface area contributed by atoms with Gasteiger partial charge in [0.25, 0.3) is 5.91 Å². The first-order valence-corrected chi connectivity index (χ1v) is 5.28. The molecular formula is C11H8ClFN4O. The molecule has 0 unspecified atom stereocenters. The van der Waals surface area contributed by atoms with Crippen LogP contribution in [0.25, 0.3) is 0 Å². The van der Waals surface area contributed by atoms with Gasteiger partial charge in [-0.05, 0) is 12.1 Å². The summed E-state index contributed by atoms with van der Waals surface area (Å²) in [6.45, 7) is 0. The van der Waals surface area contributed by atoms with Crippen molar-refractivity contribution >= 4 is 29.0 Å². The van der Waals surface area contributed by atoms with E-state index in [2.05, 4.69) is 15.3 Å². The number of hydrogen-bond acceptors (Lipinski definition) is 4. The number of nitrogens with zero attached hydrogens (tertiary/aromatic N) is 2. The molecule has 0 atom stereocenters. The second kappa shape index (κ2) is 4.97. The zero-order valence-corrected chi connectivity index (χ0v) is 9.78. The van der Waals surface area contributed by atoms with Crippen molar-refractivity contribution in [3.8, 4) is 0 Å². The summed E-state index contributed by atoms with van der Waals surface area (Å²) >= 11 is 5.64. The molecule has 2 rings (SSSR count). The van der Waals surface area contributed by atoms with E-state index in [0.717, 1.165) is 0 Å². The molecule has 1 heterocycles. The van der Waals surface area contributed by atoms with Crippen molar-refractivity contribution in [1.29, 1.82) is 0 Å². The van der Waals surface area contributed by atoms with Gasteiger partial charge in [-0.1, -0.05) is 17.7 Å². The third-order valence-electron chi connectivity index (χ3n) is 2.17. The molecule has 7 heteroatoms. The van der Waals surface area contributed by atoms with E-state index in [0.29, 0.717) is 0 Å². The van der Waals surface area contributed by atoms with Crippen molar-refractivity contribution < 1.29 is 9.18 Å². The van der Waals surface area contributed by atoms with Crippen LogP contribution in [0.4, 0.5) is 15.9 Å². The van der Waals surface area contributed by atoms with Crippen molar-refractivity contribution in [2.75, 3.05) is 11.1 Å². The summed E-state index contributed by atoms with van der Waals surface area (Å²) in [5, 5.41) is 2.63. The van der Waals surface area contributed by atoms with Crippen LogP contribution in [0.2, 0.25) is 5.15 Å². The van der Waals surface area contributed by atoms with Crippen LogP contribution in [-0.4, -0.2) is 15.9 Å². The molecule has 18 heavy (non-hydrogen) atoms. The number of aromatic nitrogens is 2. The molecule has 0 saturated heterocycles. The van der Waals surface area contributed by atoms with Gasteiger partial charge in [-0.25, -0.2) is 14.4 Å². The summed E-state index contributed by atoms with van der Waals surface area (Å²) in [7, 11) is 0. The van der Waals surface area contributed by atoms with E-state index in [1.807, 2.05) is 0 Å². The van der Waals surface area contributed by atoms with Crippen LogP contribution in [0.5, 0.6) is 0 Å². The molecule has 0 aliphatic rings. The number of benzene rings is 1. The van der Waals surface area contributed by atoms with Gasteiger partial charge in [-0.15, -0.1) is 0 Å². The first-order chi connectivity index (χ1) is 8.58. The van der Waals surface area contributed by atoms with Crippen LogP contribution >= 0.6 is 11.6 Å². The van der Waals surface area contributed by atoms with Crippen LogP contribution in [-0.2, 0) is 0 Å². The van der Waals surface area contributed by atoms with Gasteiger partial charge in [0, 0.05) is 6.07 Å². The van der Waals surface area contributed by atoms with Crippen molar-refractivity contribution in [1.82, 2.24) is 9.97 Å². The van der Waals surface area contributed by atoms with Gasteiger partial charge < -0.3 is 11.1 Å². The fourth-order valence-corrected chi connectivity index (χ4v) is 1.47. The topological polar surface area (TPSA) is 80.9 Å². The maximum atomic E-state index is 13.2. The molecule has 2 aromatic rings.